The molecule has 0 saturated heterocycles. The highest BCUT2D eigenvalue weighted by molar-refractivity contribution is 5.52. The van der Waals surface area contributed by atoms with Gasteiger partial charge in [0.05, 0.1) is 5.35 Å². The zero-order valence-electron chi connectivity index (χ0n) is 14.4. The molecule has 0 aliphatic heterocycles. The number of aryl methyl sites for hydroxylation is 2. The van der Waals surface area contributed by atoms with Crippen LogP contribution < -0.4 is 15.3 Å². The number of aromatic nitrogens is 3. The molecule has 0 saturated carbocycles. The van der Waals surface area contributed by atoms with Gasteiger partial charge in [0.2, 0.25) is 5.88 Å². The van der Waals surface area contributed by atoms with Gasteiger partial charge in [-0.05, 0) is 38.1 Å². The van der Waals surface area contributed by atoms with E-state index < -0.39 is 0 Å². The van der Waals surface area contributed by atoms with Crippen LogP contribution in [0.3, 0.4) is 0 Å². The largest absolute Gasteiger partial charge is 0.439 e. The summed E-state index contributed by atoms with van der Waals surface area (Å²) in [6.07, 6.45) is 5.15. The van der Waals surface area contributed by atoms with Gasteiger partial charge in [-0.1, -0.05) is 43.0 Å². The van der Waals surface area contributed by atoms with Crippen molar-refractivity contribution < 1.29 is 4.74 Å². The van der Waals surface area contributed by atoms with Gasteiger partial charge in [0.1, 0.15) is 11.4 Å². The molecular formula is C21H19N3O. The molecule has 0 spiro atoms. The number of rotatable bonds is 4. The zero-order chi connectivity index (χ0) is 17.8. The van der Waals surface area contributed by atoms with E-state index in [0.29, 0.717) is 17.4 Å². The normalized spacial score (nSPS) is 11.4. The fourth-order valence-electron chi connectivity index (χ4n) is 2.26. The smallest absolute Gasteiger partial charge is 0.222 e. The molecule has 0 N–H and O–H groups in total. The topological polar surface area (TPSA) is 47.9 Å². The first-order chi connectivity index (χ1) is 12.1. The Labute approximate surface area is 146 Å². The maximum Gasteiger partial charge on any atom is 0.222 e. The summed E-state index contributed by atoms with van der Waals surface area (Å²) in [5, 5.41) is 1.47. The summed E-state index contributed by atoms with van der Waals surface area (Å²) in [5.41, 5.74) is 2.76. The van der Waals surface area contributed by atoms with E-state index >= 15 is 0 Å². The van der Waals surface area contributed by atoms with E-state index in [9.17, 15) is 0 Å². The van der Waals surface area contributed by atoms with Gasteiger partial charge in [-0.15, -0.1) is 0 Å². The van der Waals surface area contributed by atoms with Gasteiger partial charge in [-0.3, -0.25) is 0 Å². The van der Waals surface area contributed by atoms with Crippen molar-refractivity contribution in [2.45, 2.75) is 13.8 Å². The molecule has 0 aliphatic carbocycles. The molecule has 0 atom stereocenters. The van der Waals surface area contributed by atoms with Crippen molar-refractivity contribution in [3.05, 3.63) is 76.9 Å². The van der Waals surface area contributed by atoms with Crippen molar-refractivity contribution >= 4 is 12.7 Å². The van der Waals surface area contributed by atoms with Crippen LogP contribution in [0.15, 0.2) is 55.3 Å². The van der Waals surface area contributed by atoms with Gasteiger partial charge in [-0.2, -0.15) is 0 Å². The average molecular weight is 329 g/mol. The van der Waals surface area contributed by atoms with Crippen molar-refractivity contribution in [1.82, 2.24) is 15.0 Å². The summed E-state index contributed by atoms with van der Waals surface area (Å²) in [5.74, 6) is 1.81. The average Bonchev–Trinajstić information content (AvgIpc) is 2.61. The van der Waals surface area contributed by atoms with Crippen molar-refractivity contribution in [1.29, 1.82) is 0 Å². The molecule has 2 heterocycles. The highest BCUT2D eigenvalue weighted by Crippen LogP contribution is 2.25. The van der Waals surface area contributed by atoms with Crippen LogP contribution in [-0.2, 0) is 0 Å². The SMILES string of the molecule is C=C/C=c1/nc(-c2ccc(C)c(Oc3ccc(C)cc3)n2)ncc1=C. The molecule has 0 amide bonds. The number of pyridine rings is 1. The van der Waals surface area contributed by atoms with Crippen LogP contribution in [0.5, 0.6) is 11.6 Å². The Hall–Kier alpha value is -3.27. The summed E-state index contributed by atoms with van der Waals surface area (Å²) in [6, 6.07) is 11.7. The maximum atomic E-state index is 5.92. The van der Waals surface area contributed by atoms with Crippen LogP contribution >= 0.6 is 0 Å². The molecule has 2 aromatic heterocycles. The minimum Gasteiger partial charge on any atom is -0.439 e. The van der Waals surface area contributed by atoms with Gasteiger partial charge in [0.15, 0.2) is 5.82 Å². The second-order valence-electron chi connectivity index (χ2n) is 5.74. The third-order valence-electron chi connectivity index (χ3n) is 3.69. The highest BCUT2D eigenvalue weighted by atomic mass is 16.5. The number of nitrogens with zero attached hydrogens (tertiary/aromatic N) is 3. The van der Waals surface area contributed by atoms with E-state index in [4.69, 9.17) is 4.74 Å². The lowest BCUT2D eigenvalue weighted by molar-refractivity contribution is 0.459. The van der Waals surface area contributed by atoms with Crippen LogP contribution in [0.2, 0.25) is 0 Å². The molecule has 4 heteroatoms. The van der Waals surface area contributed by atoms with Gasteiger partial charge >= 0.3 is 0 Å². The van der Waals surface area contributed by atoms with Crippen LogP contribution in [0.4, 0.5) is 0 Å². The summed E-state index contributed by atoms with van der Waals surface area (Å²) in [6.45, 7) is 11.6. The fraction of sp³-hybridized carbons (Fsp3) is 0.0952. The van der Waals surface area contributed by atoms with Gasteiger partial charge in [0.25, 0.3) is 0 Å². The first-order valence-electron chi connectivity index (χ1n) is 7.94. The Balaban J connectivity index is 2.00. The molecule has 0 bridgehead atoms. The Morgan fingerprint density at radius 1 is 1.00 bits per heavy atom. The summed E-state index contributed by atoms with van der Waals surface area (Å²) >= 11 is 0. The van der Waals surface area contributed by atoms with Crippen LogP contribution in [0.25, 0.3) is 24.2 Å². The van der Waals surface area contributed by atoms with Crippen LogP contribution in [-0.4, -0.2) is 15.0 Å². The van der Waals surface area contributed by atoms with Gasteiger partial charge in [0, 0.05) is 17.0 Å². The maximum absolute atomic E-state index is 5.92. The molecule has 0 fully saturated rings. The molecule has 1 aromatic carbocycles. The van der Waals surface area contributed by atoms with Crippen molar-refractivity contribution in [2.24, 2.45) is 0 Å². The van der Waals surface area contributed by atoms with Crippen LogP contribution in [0, 0.1) is 13.8 Å². The Bertz CT molecular complexity index is 1020. The number of hydrogen-bond acceptors (Lipinski definition) is 4. The Kier molecular flexibility index (Phi) is 4.70. The summed E-state index contributed by atoms with van der Waals surface area (Å²) in [4.78, 5) is 13.4. The molecular weight excluding hydrogens is 310 g/mol. The summed E-state index contributed by atoms with van der Waals surface area (Å²) < 4.78 is 5.92. The van der Waals surface area contributed by atoms with E-state index in [0.717, 1.165) is 21.9 Å². The molecule has 25 heavy (non-hydrogen) atoms. The van der Waals surface area contributed by atoms with Crippen molar-refractivity contribution in [2.75, 3.05) is 0 Å². The predicted molar refractivity (Wildman–Crippen MR) is 101 cm³/mol. The number of allylic oxidation sites excluding steroid dienone is 1. The lowest BCUT2D eigenvalue weighted by Crippen LogP contribution is -2.28. The minimum absolute atomic E-state index is 0.522. The second-order valence-corrected chi connectivity index (χ2v) is 5.74. The molecule has 3 rings (SSSR count). The zero-order valence-corrected chi connectivity index (χ0v) is 14.4. The lowest BCUT2D eigenvalue weighted by atomic mass is 10.2. The number of hydrogen-bond donors (Lipinski definition) is 0. The van der Waals surface area contributed by atoms with E-state index in [1.165, 1.54) is 5.56 Å². The minimum atomic E-state index is 0.522. The quantitative estimate of drug-likeness (QED) is 0.737. The molecule has 124 valence electrons. The van der Waals surface area contributed by atoms with Gasteiger partial charge < -0.3 is 4.74 Å². The lowest BCUT2D eigenvalue weighted by Gasteiger charge is -2.09. The van der Waals surface area contributed by atoms with Crippen LogP contribution in [0.1, 0.15) is 11.1 Å². The molecule has 3 aromatic rings. The van der Waals surface area contributed by atoms with E-state index in [1.807, 2.05) is 50.2 Å². The second kappa shape index (κ2) is 7.09. The predicted octanol–water partition coefficient (Wildman–Crippen LogP) is 3.32. The standard InChI is InChI=1S/C21H19N3O/c1-5-6-18-16(4)13-22-20(23-18)19-12-9-15(3)21(24-19)25-17-10-7-14(2)8-11-17/h5-13H,1,4H2,2-3H3/b18-6+. The van der Waals surface area contributed by atoms with Gasteiger partial charge in [-0.25, -0.2) is 15.0 Å². The van der Waals surface area contributed by atoms with Crippen molar-refractivity contribution in [3.63, 3.8) is 0 Å². The first kappa shape index (κ1) is 16.6. The third-order valence-corrected chi connectivity index (χ3v) is 3.69. The third kappa shape index (κ3) is 3.80. The fourth-order valence-corrected chi connectivity index (χ4v) is 2.26. The number of ether oxygens (including phenoxy) is 1. The molecule has 0 radical (unpaired) electrons. The van der Waals surface area contributed by atoms with E-state index in [2.05, 4.69) is 28.1 Å². The Morgan fingerprint density at radius 3 is 2.48 bits per heavy atom. The Morgan fingerprint density at radius 2 is 1.76 bits per heavy atom. The highest BCUT2D eigenvalue weighted by Gasteiger charge is 2.09. The molecule has 4 nitrogen and oxygen atoms in total. The monoisotopic (exact) mass is 329 g/mol. The molecule has 0 aliphatic rings. The molecule has 0 unspecified atom stereocenters. The summed E-state index contributed by atoms with van der Waals surface area (Å²) in [7, 11) is 0. The first-order valence-corrected chi connectivity index (χ1v) is 7.94. The van der Waals surface area contributed by atoms with E-state index in [1.54, 1.807) is 18.3 Å². The number of benzene rings is 1. The van der Waals surface area contributed by atoms with E-state index in [-0.39, 0.29) is 0 Å². The van der Waals surface area contributed by atoms with Crippen molar-refractivity contribution in [3.8, 4) is 23.1 Å².